The number of hydrogen-bond acceptors (Lipinski definition) is 3. The molecule has 1 fully saturated rings. The van der Waals surface area contributed by atoms with E-state index in [9.17, 15) is 9.59 Å². The Morgan fingerprint density at radius 3 is 2.28 bits per heavy atom. The molecule has 162 valence electrons. The van der Waals surface area contributed by atoms with E-state index in [2.05, 4.69) is 5.32 Å². The van der Waals surface area contributed by atoms with E-state index < -0.39 is 5.54 Å². The number of ether oxygens (including phenoxy) is 1. The van der Waals surface area contributed by atoms with Crippen LogP contribution in [-0.4, -0.2) is 24.5 Å². The summed E-state index contributed by atoms with van der Waals surface area (Å²) in [6.07, 6.45) is 2.08. The summed E-state index contributed by atoms with van der Waals surface area (Å²) in [6.45, 7) is 3.86. The van der Waals surface area contributed by atoms with E-state index in [0.29, 0.717) is 11.4 Å². The smallest absolute Gasteiger partial charge is 0.255 e. The van der Waals surface area contributed by atoms with Gasteiger partial charge >= 0.3 is 0 Å². The molecule has 1 heterocycles. The molecule has 32 heavy (non-hydrogen) atoms. The van der Waals surface area contributed by atoms with Gasteiger partial charge in [-0.05, 0) is 60.9 Å². The Labute approximate surface area is 188 Å². The van der Waals surface area contributed by atoms with E-state index in [1.807, 2.05) is 86.7 Å². The molecule has 0 aromatic heterocycles. The Balaban J connectivity index is 1.78. The molecule has 2 amide bonds. The average Bonchev–Trinajstić information content (AvgIpc) is 2.79. The lowest BCUT2D eigenvalue weighted by Gasteiger charge is -2.51. The second-order valence-electron chi connectivity index (χ2n) is 7.97. The zero-order chi connectivity index (χ0) is 22.7. The standard InChI is InChI=1S/C27H26N2O3/c1-19-9-7-8-12-24(19)28-26(31)27(20(2)17-21-10-5-4-6-11-21)18-25(30)29(27)22-13-15-23(32-3)16-14-22/h4-17H,18H2,1-3H3,(H,28,31)/b20-17+. The van der Waals surface area contributed by atoms with Crippen molar-refractivity contribution in [2.24, 2.45) is 0 Å². The molecule has 4 rings (SSSR count). The highest BCUT2D eigenvalue weighted by atomic mass is 16.5. The van der Waals surface area contributed by atoms with Crippen LogP contribution >= 0.6 is 0 Å². The van der Waals surface area contributed by atoms with Crippen molar-refractivity contribution in [3.8, 4) is 5.75 Å². The number of para-hydroxylation sites is 1. The number of nitrogens with zero attached hydrogens (tertiary/aromatic N) is 1. The Morgan fingerprint density at radius 1 is 1.00 bits per heavy atom. The average molecular weight is 427 g/mol. The number of benzene rings is 3. The van der Waals surface area contributed by atoms with Crippen LogP contribution in [0.1, 0.15) is 24.5 Å². The van der Waals surface area contributed by atoms with Crippen LogP contribution in [0.25, 0.3) is 6.08 Å². The van der Waals surface area contributed by atoms with Gasteiger partial charge in [0.15, 0.2) is 5.54 Å². The number of aryl methyl sites for hydroxylation is 1. The van der Waals surface area contributed by atoms with Crippen molar-refractivity contribution in [3.05, 3.63) is 95.6 Å². The van der Waals surface area contributed by atoms with Crippen LogP contribution in [0.2, 0.25) is 0 Å². The quantitative estimate of drug-likeness (QED) is 0.550. The van der Waals surface area contributed by atoms with Gasteiger partial charge in [0.2, 0.25) is 5.91 Å². The normalized spacial score (nSPS) is 18.2. The molecule has 0 saturated carbocycles. The van der Waals surface area contributed by atoms with Crippen molar-refractivity contribution in [1.82, 2.24) is 0 Å². The van der Waals surface area contributed by atoms with Crippen LogP contribution < -0.4 is 15.0 Å². The van der Waals surface area contributed by atoms with Crippen LogP contribution in [0.3, 0.4) is 0 Å². The van der Waals surface area contributed by atoms with Gasteiger partial charge in [0, 0.05) is 11.4 Å². The van der Waals surface area contributed by atoms with E-state index in [-0.39, 0.29) is 18.2 Å². The molecule has 0 radical (unpaired) electrons. The maximum Gasteiger partial charge on any atom is 0.255 e. The van der Waals surface area contributed by atoms with Crippen molar-refractivity contribution in [2.75, 3.05) is 17.3 Å². The highest BCUT2D eigenvalue weighted by molar-refractivity contribution is 6.19. The Morgan fingerprint density at radius 2 is 1.66 bits per heavy atom. The third kappa shape index (κ3) is 3.78. The summed E-state index contributed by atoms with van der Waals surface area (Å²) in [5.74, 6) is 0.357. The molecule has 0 bridgehead atoms. The summed E-state index contributed by atoms with van der Waals surface area (Å²) in [5.41, 5.74) is 3.00. The maximum atomic E-state index is 13.8. The predicted molar refractivity (Wildman–Crippen MR) is 128 cm³/mol. The summed E-state index contributed by atoms with van der Waals surface area (Å²) >= 11 is 0. The molecule has 1 aliphatic rings. The van der Waals surface area contributed by atoms with Crippen molar-refractivity contribution in [3.63, 3.8) is 0 Å². The molecular formula is C27H26N2O3. The number of amides is 2. The van der Waals surface area contributed by atoms with Crippen LogP contribution in [-0.2, 0) is 9.59 Å². The van der Waals surface area contributed by atoms with E-state index in [4.69, 9.17) is 4.74 Å². The number of carbonyl (C=O) groups is 2. The van der Waals surface area contributed by atoms with Gasteiger partial charge in [0.1, 0.15) is 5.75 Å². The zero-order valence-corrected chi connectivity index (χ0v) is 18.5. The summed E-state index contributed by atoms with van der Waals surface area (Å²) < 4.78 is 5.25. The third-order valence-electron chi connectivity index (χ3n) is 5.97. The zero-order valence-electron chi connectivity index (χ0n) is 18.5. The molecule has 0 spiro atoms. The fourth-order valence-corrected chi connectivity index (χ4v) is 4.13. The van der Waals surface area contributed by atoms with E-state index in [1.54, 1.807) is 24.1 Å². The molecule has 3 aromatic carbocycles. The van der Waals surface area contributed by atoms with Crippen molar-refractivity contribution in [2.45, 2.75) is 25.8 Å². The fourth-order valence-electron chi connectivity index (χ4n) is 4.13. The largest absolute Gasteiger partial charge is 0.497 e. The van der Waals surface area contributed by atoms with Gasteiger partial charge in [0.25, 0.3) is 5.91 Å². The summed E-state index contributed by atoms with van der Waals surface area (Å²) in [5, 5.41) is 3.06. The lowest BCUT2D eigenvalue weighted by molar-refractivity contribution is -0.135. The highest BCUT2D eigenvalue weighted by Crippen LogP contribution is 2.44. The molecule has 0 aliphatic carbocycles. The van der Waals surface area contributed by atoms with Gasteiger partial charge in [-0.3, -0.25) is 14.5 Å². The number of methoxy groups -OCH3 is 1. The molecule has 3 aromatic rings. The second-order valence-corrected chi connectivity index (χ2v) is 7.97. The monoisotopic (exact) mass is 426 g/mol. The predicted octanol–water partition coefficient (Wildman–Crippen LogP) is 5.22. The van der Waals surface area contributed by atoms with Gasteiger partial charge in [0.05, 0.1) is 13.5 Å². The Hall–Kier alpha value is -3.86. The van der Waals surface area contributed by atoms with Crippen LogP contribution in [0.5, 0.6) is 5.75 Å². The van der Waals surface area contributed by atoms with E-state index >= 15 is 0 Å². The number of anilines is 2. The van der Waals surface area contributed by atoms with Crippen LogP contribution in [0, 0.1) is 6.92 Å². The lowest BCUT2D eigenvalue weighted by Crippen LogP contribution is -2.70. The summed E-state index contributed by atoms with van der Waals surface area (Å²) in [6, 6.07) is 24.6. The first-order chi connectivity index (χ1) is 15.5. The number of nitrogens with one attached hydrogen (secondary N) is 1. The van der Waals surface area contributed by atoms with Crippen molar-refractivity contribution in [1.29, 1.82) is 0 Å². The topological polar surface area (TPSA) is 58.6 Å². The van der Waals surface area contributed by atoms with E-state index in [0.717, 1.165) is 22.4 Å². The summed E-state index contributed by atoms with van der Waals surface area (Å²) in [4.78, 5) is 28.2. The molecule has 1 saturated heterocycles. The molecule has 5 nitrogen and oxygen atoms in total. The number of hydrogen-bond donors (Lipinski definition) is 1. The first-order valence-electron chi connectivity index (χ1n) is 10.5. The molecule has 1 atom stereocenters. The Kier molecular flexibility index (Phi) is 5.82. The number of β-lactam (4-membered cyclic amide) rings is 1. The molecule has 5 heteroatoms. The lowest BCUT2D eigenvalue weighted by atomic mass is 9.75. The van der Waals surface area contributed by atoms with Gasteiger partial charge in [-0.25, -0.2) is 0 Å². The van der Waals surface area contributed by atoms with Crippen LogP contribution in [0.15, 0.2) is 84.4 Å². The van der Waals surface area contributed by atoms with Gasteiger partial charge in [-0.2, -0.15) is 0 Å². The first kappa shape index (κ1) is 21.4. The minimum Gasteiger partial charge on any atom is -0.497 e. The molecule has 1 aliphatic heterocycles. The number of rotatable bonds is 6. The van der Waals surface area contributed by atoms with Crippen LogP contribution in [0.4, 0.5) is 11.4 Å². The van der Waals surface area contributed by atoms with Gasteiger partial charge in [-0.15, -0.1) is 0 Å². The number of carbonyl (C=O) groups excluding carboxylic acids is 2. The van der Waals surface area contributed by atoms with E-state index in [1.165, 1.54) is 0 Å². The van der Waals surface area contributed by atoms with Crippen molar-refractivity contribution >= 4 is 29.3 Å². The SMILES string of the molecule is COc1ccc(N2C(=O)CC2(C(=O)Nc2ccccc2C)/C(C)=C/c2ccccc2)cc1. The minimum absolute atomic E-state index is 0.101. The Bertz CT molecular complexity index is 1170. The van der Waals surface area contributed by atoms with Crippen molar-refractivity contribution < 1.29 is 14.3 Å². The minimum atomic E-state index is -1.12. The second kappa shape index (κ2) is 8.71. The van der Waals surface area contributed by atoms with Gasteiger partial charge < -0.3 is 10.1 Å². The molecule has 1 N–H and O–H groups in total. The summed E-state index contributed by atoms with van der Waals surface area (Å²) in [7, 11) is 1.59. The highest BCUT2D eigenvalue weighted by Gasteiger charge is 2.58. The third-order valence-corrected chi connectivity index (χ3v) is 5.97. The fraction of sp³-hybridized carbons (Fsp3) is 0.185. The molecule has 1 unspecified atom stereocenters. The maximum absolute atomic E-state index is 13.8. The molecular weight excluding hydrogens is 400 g/mol. The van der Waals surface area contributed by atoms with Gasteiger partial charge in [-0.1, -0.05) is 54.6 Å². The first-order valence-corrected chi connectivity index (χ1v) is 10.5.